The van der Waals surface area contributed by atoms with Crippen molar-refractivity contribution in [1.82, 2.24) is 16.0 Å². The van der Waals surface area contributed by atoms with Crippen molar-refractivity contribution < 1.29 is 29.4 Å². The first kappa shape index (κ1) is 23.8. The molecule has 0 rings (SSSR count). The number of nitrogens with one attached hydrogen (secondary N) is 3. The molecule has 10 heteroatoms. The lowest BCUT2D eigenvalue weighted by Crippen LogP contribution is -2.60. The van der Waals surface area contributed by atoms with Crippen LogP contribution in [0.5, 0.6) is 0 Å². The molecule has 0 radical (unpaired) electrons. The Bertz CT molecular complexity index is 521. The molecule has 0 aliphatic carbocycles. The van der Waals surface area contributed by atoms with Gasteiger partial charge in [0.05, 0.1) is 12.1 Å². The van der Waals surface area contributed by atoms with Crippen LogP contribution in [0.2, 0.25) is 0 Å². The molecule has 0 saturated carbocycles. The number of aliphatic hydroxyl groups is 1. The van der Waals surface area contributed by atoms with Gasteiger partial charge in [0.1, 0.15) is 18.6 Å². The van der Waals surface area contributed by atoms with E-state index >= 15 is 0 Å². The number of carbonyl (C=O) groups excluding carboxylic acids is 3. The van der Waals surface area contributed by atoms with Crippen LogP contribution in [0.3, 0.4) is 0 Å². The van der Waals surface area contributed by atoms with E-state index in [2.05, 4.69) is 16.0 Å². The number of aliphatic carboxylic acids is 1. The highest BCUT2D eigenvalue weighted by Gasteiger charge is 2.32. The summed E-state index contributed by atoms with van der Waals surface area (Å²) in [5.74, 6) is -3.78. The quantitative estimate of drug-likeness (QED) is 0.261. The lowest BCUT2D eigenvalue weighted by atomic mass is 10.0. The number of hydrogen-bond donors (Lipinski definition) is 6. The van der Waals surface area contributed by atoms with Gasteiger partial charge in [-0.25, -0.2) is 0 Å². The van der Waals surface area contributed by atoms with Crippen LogP contribution in [0.15, 0.2) is 0 Å². The second-order valence-electron chi connectivity index (χ2n) is 6.84. The van der Waals surface area contributed by atoms with Crippen LogP contribution in [-0.4, -0.2) is 64.7 Å². The maximum absolute atomic E-state index is 12.4. The zero-order valence-electron chi connectivity index (χ0n) is 15.8. The van der Waals surface area contributed by atoms with E-state index in [1.54, 1.807) is 27.7 Å². The lowest BCUT2D eigenvalue weighted by Gasteiger charge is -2.27. The molecule has 0 aromatic heterocycles. The van der Waals surface area contributed by atoms with Crippen LogP contribution in [0.25, 0.3) is 0 Å². The molecule has 0 saturated heterocycles. The molecule has 0 aliphatic rings. The van der Waals surface area contributed by atoms with Crippen LogP contribution in [-0.2, 0) is 19.2 Å². The average Bonchev–Trinajstić information content (AvgIpc) is 2.53. The van der Waals surface area contributed by atoms with E-state index in [1.807, 2.05) is 0 Å². The number of nitrogens with two attached hydrogens (primary N) is 1. The molecule has 0 aliphatic heterocycles. The lowest BCUT2D eigenvalue weighted by molar-refractivity contribution is -0.139. The first-order valence-electron chi connectivity index (χ1n) is 8.42. The molecule has 0 heterocycles. The normalized spacial score (nSPS) is 15.7. The largest absolute Gasteiger partial charge is 0.480 e. The predicted molar refractivity (Wildman–Crippen MR) is 93.8 cm³/mol. The summed E-state index contributed by atoms with van der Waals surface area (Å²) in [6.07, 6.45) is -1.23. The number of carboxylic acids is 1. The Morgan fingerprint density at radius 3 is 1.73 bits per heavy atom. The van der Waals surface area contributed by atoms with Crippen molar-refractivity contribution in [2.24, 2.45) is 17.6 Å². The van der Waals surface area contributed by atoms with Crippen LogP contribution in [0, 0.1) is 11.8 Å². The van der Waals surface area contributed by atoms with Gasteiger partial charge in [-0.3, -0.25) is 19.2 Å². The van der Waals surface area contributed by atoms with Crippen molar-refractivity contribution in [2.75, 3.05) is 6.54 Å². The first-order chi connectivity index (χ1) is 11.9. The molecule has 7 N–H and O–H groups in total. The van der Waals surface area contributed by atoms with Gasteiger partial charge in [-0.05, 0) is 18.8 Å². The minimum atomic E-state index is -1.30. The number of hydrogen-bond acceptors (Lipinski definition) is 6. The molecular formula is C16H30N4O6. The molecule has 4 unspecified atom stereocenters. The number of carboxylic acid groups (broad SMARTS) is 1. The SMILES string of the molecule is CC(C)C(N)C(=O)NC(C(=O)NC(C(=O)NCC(=O)O)C(C)C)C(C)O. The Labute approximate surface area is 152 Å². The van der Waals surface area contributed by atoms with E-state index in [-0.39, 0.29) is 11.8 Å². The monoisotopic (exact) mass is 374 g/mol. The van der Waals surface area contributed by atoms with Crippen molar-refractivity contribution in [1.29, 1.82) is 0 Å². The highest BCUT2D eigenvalue weighted by Crippen LogP contribution is 2.05. The highest BCUT2D eigenvalue weighted by atomic mass is 16.4. The summed E-state index contributed by atoms with van der Waals surface area (Å²) >= 11 is 0. The minimum absolute atomic E-state index is 0.169. The van der Waals surface area contributed by atoms with Crippen molar-refractivity contribution in [3.8, 4) is 0 Å². The molecule has 26 heavy (non-hydrogen) atoms. The average molecular weight is 374 g/mol. The van der Waals surface area contributed by atoms with Gasteiger partial charge in [0, 0.05) is 0 Å². The maximum atomic E-state index is 12.4. The summed E-state index contributed by atoms with van der Waals surface area (Å²) in [5.41, 5.74) is 5.73. The van der Waals surface area contributed by atoms with Crippen LogP contribution in [0.1, 0.15) is 34.6 Å². The zero-order chi connectivity index (χ0) is 20.6. The summed E-state index contributed by atoms with van der Waals surface area (Å²) in [5, 5.41) is 25.5. The fourth-order valence-corrected chi connectivity index (χ4v) is 2.01. The summed E-state index contributed by atoms with van der Waals surface area (Å²) in [6, 6.07) is -3.19. The Morgan fingerprint density at radius 2 is 1.35 bits per heavy atom. The molecular weight excluding hydrogens is 344 g/mol. The molecule has 3 amide bonds. The fourth-order valence-electron chi connectivity index (χ4n) is 2.01. The van der Waals surface area contributed by atoms with Crippen molar-refractivity contribution in [3.63, 3.8) is 0 Å². The van der Waals surface area contributed by atoms with Crippen LogP contribution >= 0.6 is 0 Å². The third-order valence-corrected chi connectivity index (χ3v) is 3.74. The van der Waals surface area contributed by atoms with Gasteiger partial charge in [0.15, 0.2) is 0 Å². The molecule has 0 spiro atoms. The third-order valence-electron chi connectivity index (χ3n) is 3.74. The number of rotatable bonds is 10. The predicted octanol–water partition coefficient (Wildman–Crippen LogP) is -1.82. The van der Waals surface area contributed by atoms with Gasteiger partial charge in [-0.1, -0.05) is 27.7 Å². The summed E-state index contributed by atoms with van der Waals surface area (Å²) in [7, 11) is 0. The van der Waals surface area contributed by atoms with E-state index in [1.165, 1.54) is 6.92 Å². The number of amides is 3. The Hall–Kier alpha value is -2.20. The van der Waals surface area contributed by atoms with E-state index in [0.717, 1.165) is 0 Å². The van der Waals surface area contributed by atoms with Crippen molar-refractivity contribution >= 4 is 23.7 Å². The van der Waals surface area contributed by atoms with E-state index in [4.69, 9.17) is 10.8 Å². The second-order valence-corrected chi connectivity index (χ2v) is 6.84. The third kappa shape index (κ3) is 7.79. The zero-order valence-corrected chi connectivity index (χ0v) is 15.8. The first-order valence-corrected chi connectivity index (χ1v) is 8.42. The summed E-state index contributed by atoms with van der Waals surface area (Å²) in [6.45, 7) is 7.54. The van der Waals surface area contributed by atoms with Gasteiger partial charge in [-0.2, -0.15) is 0 Å². The van der Waals surface area contributed by atoms with Gasteiger partial charge in [0.25, 0.3) is 0 Å². The molecule has 0 aromatic carbocycles. The Morgan fingerprint density at radius 1 is 0.846 bits per heavy atom. The molecule has 4 atom stereocenters. The second kappa shape index (κ2) is 10.7. The van der Waals surface area contributed by atoms with E-state index < -0.39 is 54.5 Å². The van der Waals surface area contributed by atoms with Gasteiger partial charge in [0.2, 0.25) is 17.7 Å². The van der Waals surface area contributed by atoms with Gasteiger partial charge < -0.3 is 31.9 Å². The topological polar surface area (TPSA) is 171 Å². The molecule has 0 fully saturated rings. The van der Waals surface area contributed by atoms with Gasteiger partial charge >= 0.3 is 5.97 Å². The number of carbonyl (C=O) groups is 4. The van der Waals surface area contributed by atoms with Crippen molar-refractivity contribution in [3.05, 3.63) is 0 Å². The Balaban J connectivity index is 5.12. The standard InChI is InChI=1S/C16H30N4O6/c1-7(2)11(17)14(24)20-13(9(5)21)16(26)19-12(8(3)4)15(25)18-6-10(22)23/h7-9,11-13,21H,6,17H2,1-5H3,(H,18,25)(H,19,26)(H,20,24)(H,22,23). The van der Waals surface area contributed by atoms with Crippen LogP contribution in [0.4, 0.5) is 0 Å². The molecule has 150 valence electrons. The van der Waals surface area contributed by atoms with Crippen molar-refractivity contribution in [2.45, 2.75) is 58.8 Å². The summed E-state index contributed by atoms with van der Waals surface area (Å²) < 4.78 is 0. The maximum Gasteiger partial charge on any atom is 0.322 e. The smallest absolute Gasteiger partial charge is 0.322 e. The van der Waals surface area contributed by atoms with E-state index in [9.17, 15) is 24.3 Å². The fraction of sp³-hybridized carbons (Fsp3) is 0.750. The summed E-state index contributed by atoms with van der Waals surface area (Å²) in [4.78, 5) is 47.1. The van der Waals surface area contributed by atoms with E-state index in [0.29, 0.717) is 0 Å². The molecule has 0 aromatic rings. The number of aliphatic hydroxyl groups excluding tert-OH is 1. The minimum Gasteiger partial charge on any atom is -0.480 e. The molecule has 10 nitrogen and oxygen atoms in total. The van der Waals surface area contributed by atoms with Crippen LogP contribution < -0.4 is 21.7 Å². The highest BCUT2D eigenvalue weighted by molar-refractivity contribution is 5.94. The Kier molecular flexibility index (Phi) is 9.81. The van der Waals surface area contributed by atoms with Gasteiger partial charge in [-0.15, -0.1) is 0 Å². The molecule has 0 bridgehead atoms.